The zero-order valence-electron chi connectivity index (χ0n) is 17.6. The smallest absolute Gasteiger partial charge is 0.325 e. The van der Waals surface area contributed by atoms with Gasteiger partial charge in [0.05, 0.1) is 21.3 Å². The van der Waals surface area contributed by atoms with Crippen LogP contribution >= 0.6 is 15.9 Å². The molecule has 0 heterocycles. The van der Waals surface area contributed by atoms with Crippen molar-refractivity contribution in [3.8, 4) is 11.5 Å². The van der Waals surface area contributed by atoms with E-state index in [4.69, 9.17) is 14.2 Å². The minimum Gasteiger partial charge on any atom is -0.497 e. The summed E-state index contributed by atoms with van der Waals surface area (Å²) < 4.78 is 16.1. The number of benzene rings is 2. The third kappa shape index (κ3) is 7.60. The van der Waals surface area contributed by atoms with Gasteiger partial charge in [-0.1, -0.05) is 15.9 Å². The fourth-order valence-corrected chi connectivity index (χ4v) is 3.04. The molecule has 1 N–H and O–H groups in total. The number of rotatable bonds is 10. The number of halogens is 1. The van der Waals surface area contributed by atoms with Crippen LogP contribution < -0.4 is 14.8 Å². The number of amides is 2. The summed E-state index contributed by atoms with van der Waals surface area (Å²) in [7, 11) is 4.33. The predicted molar refractivity (Wildman–Crippen MR) is 118 cm³/mol. The van der Waals surface area contributed by atoms with E-state index in [0.29, 0.717) is 17.1 Å². The second kappa shape index (κ2) is 11.9. The zero-order valence-corrected chi connectivity index (χ0v) is 19.2. The van der Waals surface area contributed by atoms with Gasteiger partial charge in [-0.25, -0.2) is 0 Å². The average molecular weight is 493 g/mol. The Labute approximate surface area is 189 Å². The van der Waals surface area contributed by atoms with Gasteiger partial charge in [-0.3, -0.25) is 14.4 Å². The highest BCUT2D eigenvalue weighted by Gasteiger charge is 2.19. The number of esters is 1. The summed E-state index contributed by atoms with van der Waals surface area (Å²) in [6, 6.07) is 12.1. The lowest BCUT2D eigenvalue weighted by atomic mass is 10.1. The first-order valence-corrected chi connectivity index (χ1v) is 10.3. The fourth-order valence-electron chi connectivity index (χ4n) is 2.78. The van der Waals surface area contributed by atoms with E-state index in [1.807, 2.05) is 0 Å². The number of hydrogen-bond donors (Lipinski definition) is 1. The number of ether oxygens (including phenoxy) is 3. The molecule has 0 spiro atoms. The van der Waals surface area contributed by atoms with Gasteiger partial charge < -0.3 is 24.4 Å². The molecule has 9 heteroatoms. The Morgan fingerprint density at radius 3 is 2.13 bits per heavy atom. The van der Waals surface area contributed by atoms with E-state index in [1.54, 1.807) is 42.5 Å². The molecule has 0 bridgehead atoms. The van der Waals surface area contributed by atoms with Crippen LogP contribution in [0.25, 0.3) is 0 Å². The van der Waals surface area contributed by atoms with E-state index < -0.39 is 5.97 Å². The highest BCUT2D eigenvalue weighted by atomic mass is 79.9. The summed E-state index contributed by atoms with van der Waals surface area (Å²) in [5, 5.41) is 2.71. The maximum Gasteiger partial charge on any atom is 0.325 e. The molecule has 0 aliphatic rings. The quantitative estimate of drug-likeness (QED) is 0.512. The van der Waals surface area contributed by atoms with E-state index in [1.165, 1.54) is 26.2 Å². The molecule has 31 heavy (non-hydrogen) atoms. The summed E-state index contributed by atoms with van der Waals surface area (Å²) in [4.78, 5) is 38.2. The van der Waals surface area contributed by atoms with Crippen molar-refractivity contribution in [2.45, 2.75) is 13.0 Å². The van der Waals surface area contributed by atoms with Crippen LogP contribution in [0.2, 0.25) is 0 Å². The van der Waals surface area contributed by atoms with E-state index in [-0.39, 0.29) is 37.9 Å². The number of carbonyl (C=O) groups is 3. The number of methoxy groups -OCH3 is 3. The van der Waals surface area contributed by atoms with Crippen LogP contribution in [-0.4, -0.2) is 57.1 Å². The Kier molecular flexibility index (Phi) is 9.33. The lowest BCUT2D eigenvalue weighted by molar-refractivity contribution is -0.147. The Hall–Kier alpha value is -3.07. The van der Waals surface area contributed by atoms with Gasteiger partial charge in [0, 0.05) is 35.6 Å². The van der Waals surface area contributed by atoms with E-state index >= 15 is 0 Å². The van der Waals surface area contributed by atoms with E-state index in [9.17, 15) is 14.4 Å². The molecule has 0 saturated carbocycles. The second-order valence-electron chi connectivity index (χ2n) is 6.56. The molecule has 0 unspecified atom stereocenters. The minimum atomic E-state index is -0.540. The van der Waals surface area contributed by atoms with Crippen molar-refractivity contribution < 1.29 is 28.6 Å². The zero-order chi connectivity index (χ0) is 22.8. The topological polar surface area (TPSA) is 94.2 Å². The number of carbonyl (C=O) groups excluding carboxylic acids is 3. The molecule has 8 nitrogen and oxygen atoms in total. The van der Waals surface area contributed by atoms with Gasteiger partial charge in [0.15, 0.2) is 0 Å². The molecule has 2 rings (SSSR count). The Balaban J connectivity index is 2.03. The number of hydrogen-bond acceptors (Lipinski definition) is 6. The van der Waals surface area contributed by atoms with Gasteiger partial charge in [-0.2, -0.15) is 0 Å². The van der Waals surface area contributed by atoms with Crippen LogP contribution in [0.15, 0.2) is 46.9 Å². The molecular formula is C22H25BrN2O6. The monoisotopic (exact) mass is 492 g/mol. The highest BCUT2D eigenvalue weighted by molar-refractivity contribution is 9.10. The highest BCUT2D eigenvalue weighted by Crippen LogP contribution is 2.23. The number of nitrogens with zero attached hydrogens (tertiary/aromatic N) is 1. The van der Waals surface area contributed by atoms with Gasteiger partial charge in [0.25, 0.3) is 5.91 Å². The van der Waals surface area contributed by atoms with Crippen molar-refractivity contribution in [2.24, 2.45) is 0 Å². The molecule has 2 amide bonds. The third-order valence-corrected chi connectivity index (χ3v) is 4.94. The molecule has 2 aromatic rings. The predicted octanol–water partition coefficient (Wildman–Crippen LogP) is 2.79. The van der Waals surface area contributed by atoms with Crippen molar-refractivity contribution >= 4 is 33.7 Å². The van der Waals surface area contributed by atoms with Crippen LogP contribution in [0.4, 0.5) is 0 Å². The van der Waals surface area contributed by atoms with Crippen molar-refractivity contribution in [3.05, 3.63) is 58.1 Å². The van der Waals surface area contributed by atoms with Crippen LogP contribution in [0.1, 0.15) is 22.3 Å². The molecule has 166 valence electrons. The first kappa shape index (κ1) is 24.2. The normalized spacial score (nSPS) is 10.2. The van der Waals surface area contributed by atoms with Crippen molar-refractivity contribution in [2.75, 3.05) is 34.4 Å². The Morgan fingerprint density at radius 1 is 0.968 bits per heavy atom. The summed E-state index contributed by atoms with van der Waals surface area (Å²) in [5.41, 5.74) is 1.22. The van der Waals surface area contributed by atoms with E-state index in [2.05, 4.69) is 21.2 Å². The molecule has 0 aliphatic heterocycles. The van der Waals surface area contributed by atoms with Gasteiger partial charge in [0.1, 0.15) is 18.0 Å². The third-order valence-electron chi connectivity index (χ3n) is 4.42. The van der Waals surface area contributed by atoms with Crippen molar-refractivity contribution in [1.82, 2.24) is 10.2 Å². The number of nitrogens with one attached hydrogen (secondary N) is 1. The lowest BCUT2D eigenvalue weighted by Crippen LogP contribution is -2.37. The van der Waals surface area contributed by atoms with Crippen LogP contribution in [0, 0.1) is 0 Å². The van der Waals surface area contributed by atoms with E-state index in [0.717, 1.165) is 10.0 Å². The molecule has 0 saturated heterocycles. The molecule has 2 aromatic carbocycles. The SMILES string of the molecule is COC(=O)CN(Cc1cc(OC)cc(OC)c1)C(=O)CCNC(=O)c1ccc(Br)cc1. The average Bonchev–Trinajstić information content (AvgIpc) is 2.78. The fraction of sp³-hybridized carbons (Fsp3) is 0.318. The maximum absolute atomic E-state index is 12.8. The molecule has 0 aliphatic carbocycles. The minimum absolute atomic E-state index is 0.0281. The lowest BCUT2D eigenvalue weighted by Gasteiger charge is -2.22. The summed E-state index contributed by atoms with van der Waals surface area (Å²) >= 11 is 3.32. The van der Waals surface area contributed by atoms with Crippen molar-refractivity contribution in [3.63, 3.8) is 0 Å². The Bertz CT molecular complexity index is 894. The summed E-state index contributed by atoms with van der Waals surface area (Å²) in [6.07, 6.45) is 0.0281. The summed E-state index contributed by atoms with van der Waals surface area (Å²) in [6.45, 7) is 0.0739. The van der Waals surface area contributed by atoms with Gasteiger partial charge in [-0.05, 0) is 42.0 Å². The van der Waals surface area contributed by atoms with Crippen LogP contribution in [0.5, 0.6) is 11.5 Å². The van der Waals surface area contributed by atoms with Gasteiger partial charge >= 0.3 is 5.97 Å². The first-order chi connectivity index (χ1) is 14.9. The first-order valence-electron chi connectivity index (χ1n) is 9.46. The molecule has 0 fully saturated rings. The van der Waals surface area contributed by atoms with Crippen LogP contribution in [-0.2, 0) is 20.9 Å². The second-order valence-corrected chi connectivity index (χ2v) is 7.48. The molecule has 0 radical (unpaired) electrons. The summed E-state index contributed by atoms with van der Waals surface area (Å²) in [5.74, 6) is 0.0194. The van der Waals surface area contributed by atoms with Gasteiger partial charge in [-0.15, -0.1) is 0 Å². The largest absolute Gasteiger partial charge is 0.497 e. The molecule has 0 atom stereocenters. The van der Waals surface area contributed by atoms with Crippen LogP contribution in [0.3, 0.4) is 0 Å². The molecular weight excluding hydrogens is 468 g/mol. The standard InChI is InChI=1S/C22H25BrN2O6/c1-29-18-10-15(11-19(12-18)30-2)13-25(14-21(27)31-3)20(26)8-9-24-22(28)16-4-6-17(23)7-5-16/h4-7,10-12H,8-9,13-14H2,1-3H3,(H,24,28). The molecule has 0 aromatic heterocycles. The van der Waals surface area contributed by atoms with Crippen molar-refractivity contribution in [1.29, 1.82) is 0 Å². The van der Waals surface area contributed by atoms with Gasteiger partial charge in [0.2, 0.25) is 5.91 Å². The maximum atomic E-state index is 12.8. The Morgan fingerprint density at radius 2 is 1.58 bits per heavy atom.